The molecule has 1 fully saturated rings. The third-order valence-electron chi connectivity index (χ3n) is 5.96. The third kappa shape index (κ3) is 4.95. The van der Waals surface area contributed by atoms with Crippen molar-refractivity contribution in [3.63, 3.8) is 0 Å². The van der Waals surface area contributed by atoms with Crippen LogP contribution in [0.1, 0.15) is 41.6 Å². The van der Waals surface area contributed by atoms with E-state index in [1.165, 1.54) is 12.1 Å². The molecule has 2 aromatic heterocycles. The van der Waals surface area contributed by atoms with E-state index < -0.39 is 11.9 Å². The number of benzene rings is 1. The highest BCUT2D eigenvalue weighted by Gasteiger charge is 2.28. The number of aromatic nitrogens is 4. The number of anilines is 1. The van der Waals surface area contributed by atoms with Gasteiger partial charge in [0.1, 0.15) is 11.9 Å². The molecule has 1 atom stereocenters. The van der Waals surface area contributed by atoms with E-state index in [1.54, 1.807) is 11.0 Å². The molecule has 0 aliphatic carbocycles. The molecular formula is C22H23ClFN7O3. The number of fused-ring (bicyclic) bond motifs is 1. The average molecular weight is 488 g/mol. The van der Waals surface area contributed by atoms with Crippen molar-refractivity contribution in [3.05, 3.63) is 64.3 Å². The fourth-order valence-corrected chi connectivity index (χ4v) is 4.19. The van der Waals surface area contributed by atoms with Crippen molar-refractivity contribution in [2.75, 3.05) is 25.1 Å². The molecular weight excluding hydrogens is 465 g/mol. The van der Waals surface area contributed by atoms with E-state index in [-0.39, 0.29) is 23.0 Å². The van der Waals surface area contributed by atoms with E-state index >= 15 is 0 Å². The Hall–Kier alpha value is -3.31. The topological polar surface area (TPSA) is 118 Å². The summed E-state index contributed by atoms with van der Waals surface area (Å²) in [5.74, 6) is 0.0807. The van der Waals surface area contributed by atoms with E-state index in [0.717, 1.165) is 43.7 Å². The number of hydrogen-bond acceptors (Lipinski definition) is 8. The summed E-state index contributed by atoms with van der Waals surface area (Å²) >= 11 is 5.81. The maximum atomic E-state index is 14.1. The van der Waals surface area contributed by atoms with Crippen LogP contribution in [0.3, 0.4) is 0 Å². The van der Waals surface area contributed by atoms with Crippen LogP contribution in [0.25, 0.3) is 0 Å². The number of nitrogens with one attached hydrogen (secondary N) is 2. The summed E-state index contributed by atoms with van der Waals surface area (Å²) in [4.78, 5) is 23.9. The number of halogens is 2. The fraction of sp³-hybridized carbons (Fsp3) is 0.409. The molecule has 2 aliphatic rings. The lowest BCUT2D eigenvalue weighted by Crippen LogP contribution is -2.44. The van der Waals surface area contributed by atoms with Gasteiger partial charge in [0.15, 0.2) is 0 Å². The maximum Gasteiger partial charge on any atom is 0.318 e. The van der Waals surface area contributed by atoms with Crippen molar-refractivity contribution in [3.8, 4) is 0 Å². The Labute approximate surface area is 199 Å². The monoisotopic (exact) mass is 487 g/mol. The minimum absolute atomic E-state index is 0.0168. The summed E-state index contributed by atoms with van der Waals surface area (Å²) in [5.41, 5.74) is 2.23. The fourth-order valence-electron chi connectivity index (χ4n) is 4.07. The highest BCUT2D eigenvalue weighted by atomic mass is 35.5. The lowest BCUT2D eigenvalue weighted by molar-refractivity contribution is 0.0903. The Morgan fingerprint density at radius 1 is 1.29 bits per heavy atom. The Morgan fingerprint density at radius 3 is 2.91 bits per heavy atom. The number of carbonyl (C=O) groups excluding carboxylic acids is 1. The molecule has 34 heavy (non-hydrogen) atoms. The molecule has 0 saturated carbocycles. The molecule has 10 nitrogen and oxygen atoms in total. The van der Waals surface area contributed by atoms with Crippen molar-refractivity contribution < 1.29 is 18.3 Å². The number of rotatable bonds is 5. The van der Waals surface area contributed by atoms with Crippen LogP contribution in [0.4, 0.5) is 15.1 Å². The Kier molecular flexibility index (Phi) is 6.54. The van der Waals surface area contributed by atoms with Gasteiger partial charge in [0.05, 0.1) is 17.3 Å². The van der Waals surface area contributed by atoms with E-state index in [9.17, 15) is 9.18 Å². The first kappa shape index (κ1) is 22.5. The standard InChI is InChI=1S/C22H23ClFN7O3/c23-16-2-1-13(9-17(16)24)19(20-30-26-12-34-20)29-22(32)31-6-3-14-10-25-21(28-18(14)11-31)27-15-4-7-33-8-5-15/h1-2,9-10,12,15,19H,3-8,11H2,(H,29,32)(H,25,27,28)/t19-/m0/s1. The first-order chi connectivity index (χ1) is 16.6. The van der Waals surface area contributed by atoms with Gasteiger partial charge >= 0.3 is 6.03 Å². The molecule has 4 heterocycles. The third-order valence-corrected chi connectivity index (χ3v) is 6.26. The number of urea groups is 1. The molecule has 0 radical (unpaired) electrons. The van der Waals surface area contributed by atoms with Gasteiger partial charge in [-0.3, -0.25) is 0 Å². The predicted octanol–water partition coefficient (Wildman–Crippen LogP) is 3.10. The van der Waals surface area contributed by atoms with E-state index in [1.807, 2.05) is 6.20 Å². The summed E-state index contributed by atoms with van der Waals surface area (Å²) in [6, 6.07) is 3.34. The number of ether oxygens (including phenoxy) is 1. The van der Waals surface area contributed by atoms with Gasteiger partial charge in [-0.15, -0.1) is 10.2 Å². The van der Waals surface area contributed by atoms with Crippen molar-refractivity contribution in [2.24, 2.45) is 0 Å². The summed E-state index contributed by atoms with van der Waals surface area (Å²) in [6.07, 6.45) is 5.40. The summed E-state index contributed by atoms with van der Waals surface area (Å²) in [7, 11) is 0. The first-order valence-corrected chi connectivity index (χ1v) is 11.4. The van der Waals surface area contributed by atoms with Gasteiger partial charge in [0.2, 0.25) is 18.2 Å². The van der Waals surface area contributed by atoms with Crippen molar-refractivity contribution >= 4 is 23.6 Å². The lowest BCUT2D eigenvalue weighted by Gasteiger charge is -2.30. The Bertz CT molecular complexity index is 1160. The summed E-state index contributed by atoms with van der Waals surface area (Å²) in [5, 5.41) is 13.8. The quantitative estimate of drug-likeness (QED) is 0.563. The average Bonchev–Trinajstić information content (AvgIpc) is 3.39. The van der Waals surface area contributed by atoms with Crippen molar-refractivity contribution in [1.82, 2.24) is 30.4 Å². The number of amides is 2. The van der Waals surface area contributed by atoms with Gasteiger partial charge < -0.3 is 24.7 Å². The van der Waals surface area contributed by atoms with Crippen LogP contribution in [0.5, 0.6) is 0 Å². The molecule has 1 saturated heterocycles. The molecule has 2 N–H and O–H groups in total. The highest BCUT2D eigenvalue weighted by molar-refractivity contribution is 6.30. The second kappa shape index (κ2) is 9.90. The zero-order valence-electron chi connectivity index (χ0n) is 18.2. The van der Waals surface area contributed by atoms with Gasteiger partial charge in [-0.05, 0) is 42.5 Å². The van der Waals surface area contributed by atoms with E-state index in [0.29, 0.717) is 31.0 Å². The molecule has 12 heteroatoms. The minimum atomic E-state index is -0.834. The largest absolute Gasteiger partial charge is 0.425 e. The molecule has 2 aliphatic heterocycles. The SMILES string of the molecule is O=C(N[C@@H](c1ccc(Cl)c(F)c1)c1nnco1)N1CCc2cnc(NC3CCOCC3)nc2C1. The molecule has 1 aromatic carbocycles. The van der Waals surface area contributed by atoms with Gasteiger partial charge in [-0.25, -0.2) is 19.2 Å². The smallest absolute Gasteiger partial charge is 0.318 e. The molecule has 178 valence electrons. The first-order valence-electron chi connectivity index (χ1n) is 11.0. The van der Waals surface area contributed by atoms with Crippen LogP contribution in [-0.4, -0.2) is 56.9 Å². The second-order valence-electron chi connectivity index (χ2n) is 8.20. The van der Waals surface area contributed by atoms with Crippen LogP contribution >= 0.6 is 11.6 Å². The number of carbonyl (C=O) groups is 1. The van der Waals surface area contributed by atoms with Crippen LogP contribution in [-0.2, 0) is 17.7 Å². The van der Waals surface area contributed by atoms with Crippen LogP contribution < -0.4 is 10.6 Å². The van der Waals surface area contributed by atoms with Crippen LogP contribution in [0, 0.1) is 5.82 Å². The van der Waals surface area contributed by atoms with Gasteiger partial charge in [0, 0.05) is 32.0 Å². The summed E-state index contributed by atoms with van der Waals surface area (Å²) < 4.78 is 24.8. The van der Waals surface area contributed by atoms with Gasteiger partial charge in [0.25, 0.3) is 0 Å². The van der Waals surface area contributed by atoms with E-state index in [2.05, 4.69) is 30.8 Å². The molecule has 0 unspecified atom stereocenters. The predicted molar refractivity (Wildman–Crippen MR) is 120 cm³/mol. The van der Waals surface area contributed by atoms with Crippen LogP contribution in [0.2, 0.25) is 5.02 Å². The molecule has 0 bridgehead atoms. The number of nitrogens with zero attached hydrogens (tertiary/aromatic N) is 5. The minimum Gasteiger partial charge on any atom is -0.425 e. The zero-order chi connectivity index (χ0) is 23.5. The van der Waals surface area contributed by atoms with Gasteiger partial charge in [-0.2, -0.15) is 0 Å². The van der Waals surface area contributed by atoms with Crippen molar-refractivity contribution in [2.45, 2.75) is 37.9 Å². The van der Waals surface area contributed by atoms with Crippen molar-refractivity contribution in [1.29, 1.82) is 0 Å². The zero-order valence-corrected chi connectivity index (χ0v) is 19.0. The molecule has 5 rings (SSSR count). The second-order valence-corrected chi connectivity index (χ2v) is 8.61. The highest BCUT2D eigenvalue weighted by Crippen LogP contribution is 2.26. The lowest BCUT2D eigenvalue weighted by atomic mass is 10.1. The summed E-state index contributed by atoms with van der Waals surface area (Å²) in [6.45, 7) is 2.24. The molecule has 2 amide bonds. The maximum absolute atomic E-state index is 14.1. The van der Waals surface area contributed by atoms with Gasteiger partial charge in [-0.1, -0.05) is 17.7 Å². The normalized spacial score (nSPS) is 17.2. The molecule has 0 spiro atoms. The van der Waals surface area contributed by atoms with E-state index in [4.69, 9.17) is 20.8 Å². The molecule has 3 aromatic rings. The number of hydrogen-bond donors (Lipinski definition) is 2. The Morgan fingerprint density at radius 2 is 2.15 bits per heavy atom. The Balaban J connectivity index is 1.30. The van der Waals surface area contributed by atoms with Crippen LogP contribution in [0.15, 0.2) is 35.2 Å².